The number of nitrogens with one attached hydrogen (secondary N) is 1. The van der Waals surface area contributed by atoms with Crippen LogP contribution < -0.4 is 5.32 Å². The Labute approximate surface area is 131 Å². The molecule has 0 aliphatic rings. The molecule has 0 saturated carbocycles. The van der Waals surface area contributed by atoms with Crippen molar-refractivity contribution in [3.05, 3.63) is 70.8 Å². The van der Waals surface area contributed by atoms with Crippen LogP contribution in [-0.4, -0.2) is 12.5 Å². The molecule has 1 amide bonds. The Morgan fingerprint density at radius 2 is 1.57 bits per heavy atom. The van der Waals surface area contributed by atoms with Gasteiger partial charge in [-0.05, 0) is 23.8 Å². The summed E-state index contributed by atoms with van der Waals surface area (Å²) in [5, 5.41) is 2.48. The second kappa shape index (κ2) is 6.40. The van der Waals surface area contributed by atoms with Gasteiger partial charge in [0.2, 0.25) is 0 Å². The van der Waals surface area contributed by atoms with E-state index in [1.807, 2.05) is 0 Å². The Kier molecular flexibility index (Phi) is 4.73. The third-order valence-electron chi connectivity index (χ3n) is 3.54. The van der Waals surface area contributed by atoms with Gasteiger partial charge in [-0.25, -0.2) is 17.6 Å². The van der Waals surface area contributed by atoms with Crippen LogP contribution in [0.2, 0.25) is 0 Å². The highest BCUT2D eigenvalue weighted by Crippen LogP contribution is 2.25. The lowest BCUT2D eigenvalue weighted by molar-refractivity contribution is 0.0944. The lowest BCUT2D eigenvalue weighted by Gasteiger charge is -2.26. The Balaban J connectivity index is 2.14. The van der Waals surface area contributed by atoms with Crippen LogP contribution in [0.3, 0.4) is 0 Å². The van der Waals surface area contributed by atoms with E-state index < -0.39 is 34.6 Å². The van der Waals surface area contributed by atoms with Gasteiger partial charge in [0.1, 0.15) is 5.82 Å². The first-order valence-corrected chi connectivity index (χ1v) is 6.90. The predicted molar refractivity (Wildman–Crippen MR) is 78.1 cm³/mol. The molecule has 0 radical (unpaired) electrons. The van der Waals surface area contributed by atoms with E-state index in [0.717, 1.165) is 0 Å². The van der Waals surface area contributed by atoms with Gasteiger partial charge in [-0.2, -0.15) is 0 Å². The first-order chi connectivity index (χ1) is 10.7. The van der Waals surface area contributed by atoms with Gasteiger partial charge in [0.25, 0.3) is 5.91 Å². The van der Waals surface area contributed by atoms with Crippen LogP contribution in [-0.2, 0) is 5.41 Å². The third-order valence-corrected chi connectivity index (χ3v) is 3.54. The highest BCUT2D eigenvalue weighted by molar-refractivity contribution is 5.94. The fraction of sp³-hybridized carbons (Fsp3) is 0.235. The highest BCUT2D eigenvalue weighted by atomic mass is 19.2. The molecule has 2 rings (SSSR count). The fourth-order valence-corrected chi connectivity index (χ4v) is 2.20. The zero-order valence-corrected chi connectivity index (χ0v) is 12.6. The molecule has 0 spiro atoms. The van der Waals surface area contributed by atoms with Crippen LogP contribution in [0.4, 0.5) is 17.6 Å². The second-order valence-corrected chi connectivity index (χ2v) is 5.80. The lowest BCUT2D eigenvalue weighted by Crippen LogP contribution is -2.37. The standard InChI is InChI=1S/C17H15F4NO/c1-17(2,11-5-3-4-6-12(11)18)9-22-16(23)10-7-13(19)15(21)14(20)8-10/h3-8H,9H2,1-2H3,(H,22,23). The van der Waals surface area contributed by atoms with Crippen molar-refractivity contribution >= 4 is 5.91 Å². The number of hydrogen-bond acceptors (Lipinski definition) is 1. The molecule has 0 fully saturated rings. The fourth-order valence-electron chi connectivity index (χ4n) is 2.20. The smallest absolute Gasteiger partial charge is 0.251 e. The minimum absolute atomic E-state index is 0.0351. The van der Waals surface area contributed by atoms with Crippen molar-refractivity contribution in [2.75, 3.05) is 6.54 Å². The second-order valence-electron chi connectivity index (χ2n) is 5.80. The summed E-state index contributed by atoms with van der Waals surface area (Å²) in [5.41, 5.74) is -0.680. The van der Waals surface area contributed by atoms with E-state index in [-0.39, 0.29) is 12.1 Å². The molecule has 0 aromatic heterocycles. The number of amides is 1. The molecule has 6 heteroatoms. The monoisotopic (exact) mass is 325 g/mol. The van der Waals surface area contributed by atoms with Crippen LogP contribution in [0.25, 0.3) is 0 Å². The van der Waals surface area contributed by atoms with Gasteiger partial charge in [-0.1, -0.05) is 32.0 Å². The molecule has 23 heavy (non-hydrogen) atoms. The van der Waals surface area contributed by atoms with Crippen molar-refractivity contribution in [2.45, 2.75) is 19.3 Å². The maximum absolute atomic E-state index is 13.8. The Bertz CT molecular complexity index is 720. The topological polar surface area (TPSA) is 29.1 Å². The first kappa shape index (κ1) is 17.0. The predicted octanol–water partition coefficient (Wildman–Crippen LogP) is 3.95. The number of carbonyl (C=O) groups is 1. The minimum Gasteiger partial charge on any atom is -0.351 e. The summed E-state index contributed by atoms with van der Waals surface area (Å²) in [7, 11) is 0. The summed E-state index contributed by atoms with van der Waals surface area (Å²) < 4.78 is 53.0. The molecule has 2 aromatic carbocycles. The van der Waals surface area contributed by atoms with Crippen molar-refractivity contribution in [1.29, 1.82) is 0 Å². The number of rotatable bonds is 4. The summed E-state index contributed by atoms with van der Waals surface area (Å²) in [6, 6.07) is 7.36. The molecule has 2 aromatic rings. The average molecular weight is 325 g/mol. The molecule has 1 N–H and O–H groups in total. The Morgan fingerprint density at radius 1 is 1.00 bits per heavy atom. The van der Waals surface area contributed by atoms with Crippen LogP contribution in [0.5, 0.6) is 0 Å². The van der Waals surface area contributed by atoms with Gasteiger partial charge in [0.05, 0.1) is 0 Å². The van der Waals surface area contributed by atoms with Crippen molar-refractivity contribution in [2.24, 2.45) is 0 Å². The molecular weight excluding hydrogens is 310 g/mol. The molecule has 0 bridgehead atoms. The highest BCUT2D eigenvalue weighted by Gasteiger charge is 2.25. The van der Waals surface area contributed by atoms with Crippen molar-refractivity contribution in [1.82, 2.24) is 5.32 Å². The van der Waals surface area contributed by atoms with E-state index in [1.54, 1.807) is 32.0 Å². The average Bonchev–Trinajstić information content (AvgIpc) is 2.50. The molecule has 0 aliphatic carbocycles. The Hall–Kier alpha value is -2.37. The summed E-state index contributed by atoms with van der Waals surface area (Å²) in [6.45, 7) is 3.47. The van der Waals surface area contributed by atoms with Crippen LogP contribution in [0.1, 0.15) is 29.8 Å². The van der Waals surface area contributed by atoms with E-state index in [2.05, 4.69) is 5.32 Å². The van der Waals surface area contributed by atoms with E-state index in [9.17, 15) is 22.4 Å². The normalized spacial score (nSPS) is 11.4. The SMILES string of the molecule is CC(C)(CNC(=O)c1cc(F)c(F)c(F)c1)c1ccccc1F. The van der Waals surface area contributed by atoms with E-state index in [0.29, 0.717) is 17.7 Å². The van der Waals surface area contributed by atoms with Gasteiger partial charge >= 0.3 is 0 Å². The van der Waals surface area contributed by atoms with Gasteiger partial charge in [-0.15, -0.1) is 0 Å². The van der Waals surface area contributed by atoms with Crippen molar-refractivity contribution < 1.29 is 22.4 Å². The van der Waals surface area contributed by atoms with Gasteiger partial charge in [0, 0.05) is 17.5 Å². The maximum Gasteiger partial charge on any atom is 0.251 e. The summed E-state index contributed by atoms with van der Waals surface area (Å²) in [4.78, 5) is 12.0. The molecule has 0 heterocycles. The zero-order chi connectivity index (χ0) is 17.2. The van der Waals surface area contributed by atoms with Crippen LogP contribution >= 0.6 is 0 Å². The lowest BCUT2D eigenvalue weighted by atomic mass is 9.84. The molecule has 0 saturated heterocycles. The zero-order valence-electron chi connectivity index (χ0n) is 12.6. The molecule has 2 nitrogen and oxygen atoms in total. The summed E-state index contributed by atoms with van der Waals surface area (Å²) in [6.07, 6.45) is 0. The quantitative estimate of drug-likeness (QED) is 0.669. The van der Waals surface area contributed by atoms with E-state index >= 15 is 0 Å². The van der Waals surface area contributed by atoms with Gasteiger partial charge < -0.3 is 5.32 Å². The number of hydrogen-bond donors (Lipinski definition) is 1. The van der Waals surface area contributed by atoms with Crippen LogP contribution in [0.15, 0.2) is 36.4 Å². The first-order valence-electron chi connectivity index (χ1n) is 6.90. The number of benzene rings is 2. The minimum atomic E-state index is -1.63. The van der Waals surface area contributed by atoms with E-state index in [4.69, 9.17) is 0 Å². The number of halogens is 4. The number of carbonyl (C=O) groups excluding carboxylic acids is 1. The van der Waals surface area contributed by atoms with Crippen molar-refractivity contribution in [3.8, 4) is 0 Å². The van der Waals surface area contributed by atoms with Gasteiger partial charge in [-0.3, -0.25) is 4.79 Å². The molecule has 0 unspecified atom stereocenters. The van der Waals surface area contributed by atoms with Gasteiger partial charge in [0.15, 0.2) is 17.5 Å². The molecule has 122 valence electrons. The van der Waals surface area contributed by atoms with Crippen molar-refractivity contribution in [3.63, 3.8) is 0 Å². The largest absolute Gasteiger partial charge is 0.351 e. The van der Waals surface area contributed by atoms with E-state index in [1.165, 1.54) is 6.07 Å². The summed E-state index contributed by atoms with van der Waals surface area (Å²) >= 11 is 0. The maximum atomic E-state index is 13.8. The summed E-state index contributed by atoms with van der Waals surface area (Å²) in [5.74, 6) is -5.70. The Morgan fingerprint density at radius 3 is 2.13 bits per heavy atom. The molecule has 0 aliphatic heterocycles. The molecule has 0 atom stereocenters. The third kappa shape index (κ3) is 3.70. The molecular formula is C17H15F4NO. The van der Waals surface area contributed by atoms with Crippen LogP contribution in [0, 0.1) is 23.3 Å².